The van der Waals surface area contributed by atoms with E-state index in [1.165, 1.54) is 30.0 Å². The summed E-state index contributed by atoms with van der Waals surface area (Å²) < 4.78 is 7.59. The van der Waals surface area contributed by atoms with Gasteiger partial charge >= 0.3 is 0 Å². The van der Waals surface area contributed by atoms with Crippen LogP contribution < -0.4 is 4.74 Å². The number of rotatable bonds is 5. The molecule has 1 fully saturated rings. The van der Waals surface area contributed by atoms with Crippen LogP contribution in [0, 0.1) is 0 Å². The van der Waals surface area contributed by atoms with Crippen molar-refractivity contribution < 1.29 is 9.53 Å². The predicted molar refractivity (Wildman–Crippen MR) is 110 cm³/mol. The van der Waals surface area contributed by atoms with Gasteiger partial charge < -0.3 is 14.2 Å². The number of carbonyl (C=O) groups is 1. The number of hydrogen-bond acceptors (Lipinski definition) is 2. The van der Waals surface area contributed by atoms with E-state index < -0.39 is 0 Å². The largest absolute Gasteiger partial charge is 0.497 e. The summed E-state index contributed by atoms with van der Waals surface area (Å²) in [7, 11) is 1.68. The predicted octanol–water partition coefficient (Wildman–Crippen LogP) is 4.98. The van der Waals surface area contributed by atoms with E-state index >= 15 is 0 Å². The average Bonchev–Trinajstić information content (AvgIpc) is 3.02. The molecule has 0 saturated heterocycles. The van der Waals surface area contributed by atoms with Gasteiger partial charge in [0, 0.05) is 34.9 Å². The van der Waals surface area contributed by atoms with Crippen LogP contribution in [0.15, 0.2) is 42.5 Å². The number of hydrogen-bond donors (Lipinski definition) is 0. The van der Waals surface area contributed by atoms with E-state index in [1.54, 1.807) is 7.11 Å². The van der Waals surface area contributed by atoms with Crippen molar-refractivity contribution in [2.75, 3.05) is 13.7 Å². The molecular formula is C23H28N2O2. The Morgan fingerprint density at radius 1 is 1.07 bits per heavy atom. The summed E-state index contributed by atoms with van der Waals surface area (Å²) in [6.07, 6.45) is 6.05. The SMILES string of the molecule is CCN(C(=O)Cn1c2ccccc2c2ccc(OC)cc21)C1CCCCC1. The second kappa shape index (κ2) is 7.63. The van der Waals surface area contributed by atoms with Crippen LogP contribution in [-0.2, 0) is 11.3 Å². The van der Waals surface area contributed by atoms with Crippen LogP contribution in [-0.4, -0.2) is 35.1 Å². The maximum Gasteiger partial charge on any atom is 0.242 e. The van der Waals surface area contributed by atoms with E-state index in [0.29, 0.717) is 12.6 Å². The molecule has 0 aliphatic heterocycles. The van der Waals surface area contributed by atoms with Crippen molar-refractivity contribution >= 4 is 27.7 Å². The highest BCUT2D eigenvalue weighted by Crippen LogP contribution is 2.32. The molecule has 0 bridgehead atoms. The van der Waals surface area contributed by atoms with Crippen LogP contribution in [0.3, 0.4) is 0 Å². The standard InChI is InChI=1S/C23H28N2O2/c1-3-24(17-9-5-4-6-10-17)23(26)16-25-21-12-8-7-11-19(21)20-14-13-18(27-2)15-22(20)25/h7-8,11-15,17H,3-6,9-10,16H2,1-2H3. The monoisotopic (exact) mass is 364 g/mol. The molecule has 1 aliphatic carbocycles. The summed E-state index contributed by atoms with van der Waals surface area (Å²) in [5.41, 5.74) is 2.16. The molecule has 1 saturated carbocycles. The summed E-state index contributed by atoms with van der Waals surface area (Å²) in [4.78, 5) is 15.4. The quantitative estimate of drug-likeness (QED) is 0.639. The van der Waals surface area contributed by atoms with Gasteiger partial charge in [0.15, 0.2) is 0 Å². The first kappa shape index (κ1) is 17.9. The highest BCUT2D eigenvalue weighted by atomic mass is 16.5. The number of carbonyl (C=O) groups excluding carboxylic acids is 1. The van der Waals surface area contributed by atoms with Crippen LogP contribution in [0.25, 0.3) is 21.8 Å². The lowest BCUT2D eigenvalue weighted by molar-refractivity contribution is -0.134. The van der Waals surface area contributed by atoms with Gasteiger partial charge in [0.25, 0.3) is 0 Å². The molecule has 1 aromatic heterocycles. The number of ether oxygens (including phenoxy) is 1. The molecule has 0 spiro atoms. The maximum absolute atomic E-state index is 13.3. The van der Waals surface area contributed by atoms with Gasteiger partial charge in [-0.25, -0.2) is 0 Å². The molecule has 0 atom stereocenters. The van der Waals surface area contributed by atoms with Crippen LogP contribution in [0.5, 0.6) is 5.75 Å². The fourth-order valence-electron chi connectivity index (χ4n) is 4.58. The molecular weight excluding hydrogens is 336 g/mol. The third-order valence-corrected chi connectivity index (χ3v) is 5.95. The van der Waals surface area contributed by atoms with Gasteiger partial charge in [-0.05, 0) is 38.0 Å². The molecule has 4 nitrogen and oxygen atoms in total. The summed E-state index contributed by atoms with van der Waals surface area (Å²) >= 11 is 0. The lowest BCUT2D eigenvalue weighted by atomic mass is 9.94. The van der Waals surface area contributed by atoms with E-state index in [0.717, 1.165) is 36.2 Å². The average molecular weight is 364 g/mol. The molecule has 2 aromatic carbocycles. The summed E-state index contributed by atoms with van der Waals surface area (Å²) in [5.74, 6) is 1.04. The lowest BCUT2D eigenvalue weighted by Crippen LogP contribution is -2.42. The fourth-order valence-corrected chi connectivity index (χ4v) is 4.58. The number of methoxy groups -OCH3 is 1. The van der Waals surface area contributed by atoms with Gasteiger partial charge in [-0.1, -0.05) is 37.5 Å². The number of nitrogens with zero attached hydrogens (tertiary/aromatic N) is 2. The highest BCUT2D eigenvalue weighted by Gasteiger charge is 2.25. The van der Waals surface area contributed by atoms with Gasteiger partial charge in [-0.15, -0.1) is 0 Å². The molecule has 1 heterocycles. The minimum Gasteiger partial charge on any atom is -0.497 e. The molecule has 4 heteroatoms. The number of fused-ring (bicyclic) bond motifs is 3. The third kappa shape index (κ3) is 3.29. The molecule has 27 heavy (non-hydrogen) atoms. The zero-order valence-corrected chi connectivity index (χ0v) is 16.3. The van der Waals surface area contributed by atoms with Crippen molar-refractivity contribution in [1.82, 2.24) is 9.47 Å². The van der Waals surface area contributed by atoms with Crippen molar-refractivity contribution in [2.45, 2.75) is 51.6 Å². The molecule has 0 unspecified atom stereocenters. The lowest BCUT2D eigenvalue weighted by Gasteiger charge is -2.34. The minimum atomic E-state index is 0.217. The third-order valence-electron chi connectivity index (χ3n) is 5.95. The van der Waals surface area contributed by atoms with Crippen molar-refractivity contribution in [3.63, 3.8) is 0 Å². The molecule has 0 radical (unpaired) electrons. The normalized spacial score (nSPS) is 15.3. The molecule has 4 rings (SSSR count). The van der Waals surface area contributed by atoms with Crippen molar-refractivity contribution in [3.8, 4) is 5.75 Å². The first-order chi connectivity index (χ1) is 13.2. The first-order valence-electron chi connectivity index (χ1n) is 10.1. The minimum absolute atomic E-state index is 0.217. The Morgan fingerprint density at radius 3 is 2.56 bits per heavy atom. The summed E-state index contributed by atoms with van der Waals surface area (Å²) in [5, 5.41) is 2.35. The Bertz CT molecular complexity index is 954. The van der Waals surface area contributed by atoms with Gasteiger partial charge in [0.05, 0.1) is 12.6 Å². The van der Waals surface area contributed by atoms with E-state index in [-0.39, 0.29) is 5.91 Å². The van der Waals surface area contributed by atoms with Gasteiger partial charge in [-0.3, -0.25) is 4.79 Å². The van der Waals surface area contributed by atoms with Crippen molar-refractivity contribution in [2.24, 2.45) is 0 Å². The van der Waals surface area contributed by atoms with Gasteiger partial charge in [0.1, 0.15) is 12.3 Å². The van der Waals surface area contributed by atoms with Gasteiger partial charge in [-0.2, -0.15) is 0 Å². The second-order valence-corrected chi connectivity index (χ2v) is 7.46. The Kier molecular flexibility index (Phi) is 5.06. The Balaban J connectivity index is 1.74. The van der Waals surface area contributed by atoms with Crippen LogP contribution in [0.1, 0.15) is 39.0 Å². The zero-order chi connectivity index (χ0) is 18.8. The number of benzene rings is 2. The van der Waals surface area contributed by atoms with E-state index in [1.807, 2.05) is 18.2 Å². The molecule has 142 valence electrons. The maximum atomic E-state index is 13.3. The first-order valence-corrected chi connectivity index (χ1v) is 10.1. The number of para-hydroxylation sites is 1. The zero-order valence-electron chi connectivity index (χ0n) is 16.3. The number of aromatic nitrogens is 1. The van der Waals surface area contributed by atoms with Crippen molar-refractivity contribution in [3.05, 3.63) is 42.5 Å². The smallest absolute Gasteiger partial charge is 0.242 e. The van der Waals surface area contributed by atoms with E-state index in [9.17, 15) is 4.79 Å². The van der Waals surface area contributed by atoms with Crippen LogP contribution in [0.2, 0.25) is 0 Å². The van der Waals surface area contributed by atoms with E-state index in [4.69, 9.17) is 4.74 Å². The molecule has 1 aliphatic rings. The number of amides is 1. The summed E-state index contributed by atoms with van der Waals surface area (Å²) in [6.45, 7) is 3.26. The van der Waals surface area contributed by atoms with Crippen LogP contribution >= 0.6 is 0 Å². The van der Waals surface area contributed by atoms with E-state index in [2.05, 4.69) is 40.7 Å². The Labute approximate surface area is 160 Å². The fraction of sp³-hybridized carbons (Fsp3) is 0.435. The van der Waals surface area contributed by atoms with Crippen LogP contribution in [0.4, 0.5) is 0 Å². The molecule has 0 N–H and O–H groups in total. The Hall–Kier alpha value is -2.49. The molecule has 3 aromatic rings. The Morgan fingerprint density at radius 2 is 1.81 bits per heavy atom. The van der Waals surface area contributed by atoms with Crippen molar-refractivity contribution in [1.29, 1.82) is 0 Å². The van der Waals surface area contributed by atoms with Gasteiger partial charge in [0.2, 0.25) is 5.91 Å². The summed E-state index contributed by atoms with van der Waals surface area (Å²) in [6, 6.07) is 14.8. The molecule has 1 amide bonds. The highest BCUT2D eigenvalue weighted by molar-refractivity contribution is 6.09. The topological polar surface area (TPSA) is 34.5 Å². The second-order valence-electron chi connectivity index (χ2n) is 7.46. The number of likely N-dealkylation sites (N-methyl/N-ethyl adjacent to an activating group) is 1.